The monoisotopic (exact) mass is 583 g/mol. The predicted molar refractivity (Wildman–Crippen MR) is 167 cm³/mol. The lowest BCUT2D eigenvalue weighted by Crippen LogP contribution is -2.57. The quantitative estimate of drug-likeness (QED) is 0.263. The van der Waals surface area contributed by atoms with Crippen LogP contribution in [0.2, 0.25) is 10.0 Å². The fraction of sp³-hybridized carbons (Fsp3) is 0.562. The van der Waals surface area contributed by atoms with Crippen molar-refractivity contribution < 1.29 is 4.79 Å². The van der Waals surface area contributed by atoms with E-state index in [0.29, 0.717) is 52.1 Å². The molecule has 2 saturated carbocycles. The average Bonchev–Trinajstić information content (AvgIpc) is 3.23. The van der Waals surface area contributed by atoms with Gasteiger partial charge >= 0.3 is 0 Å². The molecule has 2 aromatic rings. The lowest BCUT2D eigenvalue weighted by atomic mass is 9.69. The third kappa shape index (κ3) is 5.86. The van der Waals surface area contributed by atoms with E-state index in [1.807, 2.05) is 36.4 Å². The number of aliphatic imine (C=N–C) groups is 1. The highest BCUT2D eigenvalue weighted by atomic mass is 35.5. The maximum absolute atomic E-state index is 12.8. The summed E-state index contributed by atoms with van der Waals surface area (Å²) in [5, 5.41) is 11.5. The number of anilines is 1. The predicted octanol–water partition coefficient (Wildman–Crippen LogP) is 6.63. The van der Waals surface area contributed by atoms with E-state index in [-0.39, 0.29) is 11.3 Å². The normalized spacial score (nSPS) is 29.5. The fourth-order valence-electron chi connectivity index (χ4n) is 7.17. The molecule has 216 valence electrons. The molecule has 2 aliphatic carbocycles. The summed E-state index contributed by atoms with van der Waals surface area (Å²) in [6.45, 7) is 14.1. The Hall–Kier alpha value is -2.28. The van der Waals surface area contributed by atoms with E-state index in [4.69, 9.17) is 28.2 Å². The van der Waals surface area contributed by atoms with Gasteiger partial charge in [-0.05, 0) is 98.2 Å². The van der Waals surface area contributed by atoms with Gasteiger partial charge in [0, 0.05) is 53.0 Å². The van der Waals surface area contributed by atoms with Crippen molar-refractivity contribution >= 4 is 40.8 Å². The number of halogens is 2. The Bertz CT molecular complexity index is 1250. The lowest BCUT2D eigenvalue weighted by Gasteiger charge is -2.41. The van der Waals surface area contributed by atoms with Crippen molar-refractivity contribution in [3.63, 3.8) is 0 Å². The first-order valence-electron chi connectivity index (χ1n) is 14.6. The van der Waals surface area contributed by atoms with E-state index in [1.165, 1.54) is 12.8 Å². The molecule has 3 aliphatic rings. The Morgan fingerprint density at radius 2 is 1.77 bits per heavy atom. The van der Waals surface area contributed by atoms with Crippen LogP contribution in [0.3, 0.4) is 0 Å². The van der Waals surface area contributed by atoms with Gasteiger partial charge < -0.3 is 20.9 Å². The molecule has 1 saturated heterocycles. The minimum atomic E-state index is -0.104. The summed E-state index contributed by atoms with van der Waals surface area (Å²) in [5.74, 6) is 1.58. The molecule has 0 spiro atoms. The van der Waals surface area contributed by atoms with Crippen LogP contribution >= 0.6 is 23.2 Å². The van der Waals surface area contributed by atoms with E-state index < -0.39 is 0 Å². The highest BCUT2D eigenvalue weighted by Gasteiger charge is 2.61. The number of piperazine rings is 1. The van der Waals surface area contributed by atoms with Crippen LogP contribution in [0.15, 0.2) is 47.5 Å². The van der Waals surface area contributed by atoms with Gasteiger partial charge in [-0.15, -0.1) is 0 Å². The van der Waals surface area contributed by atoms with Gasteiger partial charge in [-0.1, -0.05) is 50.0 Å². The molecule has 2 aromatic carbocycles. The summed E-state index contributed by atoms with van der Waals surface area (Å²) in [4.78, 5) is 20.7. The van der Waals surface area contributed by atoms with Gasteiger partial charge in [0.15, 0.2) is 5.96 Å². The maximum atomic E-state index is 12.8. The van der Waals surface area contributed by atoms with Crippen molar-refractivity contribution in [1.29, 1.82) is 0 Å². The molecular weight excluding hydrogens is 541 g/mol. The van der Waals surface area contributed by atoms with Gasteiger partial charge in [0.05, 0.1) is 6.04 Å². The summed E-state index contributed by atoms with van der Waals surface area (Å²) in [7, 11) is 0. The number of rotatable bonds is 6. The number of hydrogen-bond donors (Lipinski definition) is 3. The average molecular weight is 585 g/mol. The molecule has 6 nitrogen and oxygen atoms in total. The number of amides is 1. The Labute approximate surface area is 249 Å². The van der Waals surface area contributed by atoms with Gasteiger partial charge in [0.25, 0.3) is 5.91 Å². The van der Waals surface area contributed by atoms with Gasteiger partial charge in [-0.3, -0.25) is 4.79 Å². The zero-order chi connectivity index (χ0) is 28.7. The lowest BCUT2D eigenvalue weighted by molar-refractivity contribution is 0.0954. The summed E-state index contributed by atoms with van der Waals surface area (Å²) >= 11 is 12.2. The Kier molecular flexibility index (Phi) is 8.43. The smallest absolute Gasteiger partial charge is 0.251 e. The second-order valence-corrected chi connectivity index (χ2v) is 13.7. The van der Waals surface area contributed by atoms with Gasteiger partial charge in [-0.2, -0.15) is 0 Å². The molecule has 0 aromatic heterocycles. The number of guanidine groups is 1. The number of nitrogens with one attached hydrogen (secondary N) is 3. The summed E-state index contributed by atoms with van der Waals surface area (Å²) < 4.78 is 0. The van der Waals surface area contributed by atoms with Crippen molar-refractivity contribution in [1.82, 2.24) is 15.5 Å². The van der Waals surface area contributed by atoms with Crippen LogP contribution in [-0.4, -0.2) is 54.5 Å². The number of carbonyl (C=O) groups excluding carboxylic acids is 1. The Morgan fingerprint density at radius 3 is 2.38 bits per heavy atom. The minimum Gasteiger partial charge on any atom is -0.352 e. The summed E-state index contributed by atoms with van der Waals surface area (Å²) in [6, 6.07) is 14.2. The maximum Gasteiger partial charge on any atom is 0.251 e. The highest BCUT2D eigenvalue weighted by molar-refractivity contribution is 6.35. The summed E-state index contributed by atoms with van der Waals surface area (Å²) in [6.07, 6.45) is 4.36. The topological polar surface area (TPSA) is 68.8 Å². The number of carbonyl (C=O) groups is 1. The van der Waals surface area contributed by atoms with Crippen molar-refractivity contribution in [3.05, 3.63) is 63.6 Å². The molecule has 1 heterocycles. The third-order valence-corrected chi connectivity index (χ3v) is 10.6. The second-order valence-electron chi connectivity index (χ2n) is 12.9. The van der Waals surface area contributed by atoms with Crippen LogP contribution in [0.5, 0.6) is 0 Å². The first-order valence-corrected chi connectivity index (χ1v) is 15.4. The molecule has 3 N–H and O–H groups in total. The first-order chi connectivity index (χ1) is 19.0. The number of benzene rings is 2. The van der Waals surface area contributed by atoms with Crippen LogP contribution in [0.1, 0.15) is 69.8 Å². The van der Waals surface area contributed by atoms with Crippen LogP contribution in [0.25, 0.3) is 0 Å². The van der Waals surface area contributed by atoms with Crippen molar-refractivity contribution in [2.24, 2.45) is 21.7 Å². The summed E-state index contributed by atoms with van der Waals surface area (Å²) in [5.41, 5.74) is 3.05. The van der Waals surface area contributed by atoms with Crippen molar-refractivity contribution in [2.45, 2.75) is 78.4 Å². The van der Waals surface area contributed by atoms with Crippen LogP contribution in [-0.2, 0) is 6.42 Å². The van der Waals surface area contributed by atoms with E-state index in [9.17, 15) is 4.79 Å². The molecule has 3 fully saturated rings. The zero-order valence-electron chi connectivity index (χ0n) is 24.4. The van der Waals surface area contributed by atoms with E-state index in [2.05, 4.69) is 55.5 Å². The standard InChI is InChI=1S/C32H43Cl2N5O/c1-20-18-39(19-21(2)36-20)30(38-28-16-24-12-14-32(28,5)31(24,3)4)37-26-10-7-23(8-11-26)29(40)35-15-13-22-6-9-25(33)17-27(22)34/h6-11,17,20-21,24,28,36H,12-16,18-19H2,1-5H3,(H,35,40)(H,37,38)/t20-,21+,24?,28?,32?. The van der Waals surface area contributed by atoms with Gasteiger partial charge in [0.1, 0.15) is 0 Å². The highest BCUT2D eigenvalue weighted by Crippen LogP contribution is 2.66. The van der Waals surface area contributed by atoms with Crippen LogP contribution in [0, 0.1) is 16.7 Å². The Morgan fingerprint density at radius 1 is 1.07 bits per heavy atom. The van der Waals surface area contributed by atoms with Crippen molar-refractivity contribution in [3.8, 4) is 0 Å². The first kappa shape index (κ1) is 29.2. The minimum absolute atomic E-state index is 0.104. The molecule has 3 unspecified atom stereocenters. The molecule has 1 aliphatic heterocycles. The number of nitrogens with zero attached hydrogens (tertiary/aromatic N) is 2. The molecule has 8 heteroatoms. The number of fused-ring (bicyclic) bond motifs is 2. The molecule has 40 heavy (non-hydrogen) atoms. The molecule has 0 radical (unpaired) electrons. The second kappa shape index (κ2) is 11.5. The SMILES string of the molecule is C[C@@H]1CN(/C(=N/C2CC3CCC2(C)C3(C)C)Nc2ccc(C(=O)NCCc3ccc(Cl)cc3Cl)cc2)C[C@H](C)N1. The fourth-order valence-corrected chi connectivity index (χ4v) is 7.67. The Balaban J connectivity index is 1.28. The third-order valence-electron chi connectivity index (χ3n) is 9.98. The van der Waals surface area contributed by atoms with Gasteiger partial charge in [-0.25, -0.2) is 4.99 Å². The van der Waals surface area contributed by atoms with Crippen LogP contribution < -0.4 is 16.0 Å². The molecule has 2 bridgehead atoms. The largest absolute Gasteiger partial charge is 0.352 e. The van der Waals surface area contributed by atoms with E-state index >= 15 is 0 Å². The van der Waals surface area contributed by atoms with E-state index in [0.717, 1.165) is 42.6 Å². The van der Waals surface area contributed by atoms with E-state index in [1.54, 1.807) is 6.07 Å². The van der Waals surface area contributed by atoms with Crippen LogP contribution in [0.4, 0.5) is 5.69 Å². The zero-order valence-corrected chi connectivity index (χ0v) is 25.9. The van der Waals surface area contributed by atoms with Gasteiger partial charge in [0.2, 0.25) is 0 Å². The molecule has 1 amide bonds. The molecule has 5 atom stereocenters. The molecular formula is C32H43Cl2N5O. The number of hydrogen-bond acceptors (Lipinski definition) is 3. The molecule has 5 rings (SSSR count). The van der Waals surface area contributed by atoms with Crippen molar-refractivity contribution in [2.75, 3.05) is 25.0 Å².